The highest BCUT2D eigenvalue weighted by molar-refractivity contribution is 7.89. The number of benzene rings is 2. The Hall–Kier alpha value is -2.33. The molecule has 4 N–H and O–H groups in total. The van der Waals surface area contributed by atoms with Gasteiger partial charge in [0.05, 0.1) is 25.0 Å². The summed E-state index contributed by atoms with van der Waals surface area (Å²) in [5, 5.41) is 9.29. The number of nitrogens with one attached hydrogen (secondary N) is 4. The number of hydrogen-bond acceptors (Lipinski definition) is 6. The topological polar surface area (TPSA) is 109 Å². The number of piperidine rings is 1. The molecule has 0 saturated carbocycles. The van der Waals surface area contributed by atoms with Crippen LogP contribution in [0.4, 0.5) is 11.4 Å². The van der Waals surface area contributed by atoms with Crippen molar-refractivity contribution in [2.45, 2.75) is 23.8 Å². The first kappa shape index (κ1) is 22.4. The van der Waals surface area contributed by atoms with E-state index in [4.69, 9.17) is 16.3 Å². The van der Waals surface area contributed by atoms with Crippen molar-refractivity contribution in [3.63, 3.8) is 0 Å². The first-order chi connectivity index (χ1) is 14.4. The molecule has 1 amide bonds. The number of carbonyl (C=O) groups is 1. The summed E-state index contributed by atoms with van der Waals surface area (Å²) in [7, 11) is -2.23. The molecule has 3 rings (SSSR count). The first-order valence-electron chi connectivity index (χ1n) is 9.58. The van der Waals surface area contributed by atoms with E-state index in [0.717, 1.165) is 25.9 Å². The Morgan fingerprint density at radius 2 is 1.90 bits per heavy atom. The van der Waals surface area contributed by atoms with E-state index in [-0.39, 0.29) is 23.4 Å². The van der Waals surface area contributed by atoms with Crippen molar-refractivity contribution in [3.05, 3.63) is 47.5 Å². The molecule has 1 aliphatic rings. The third kappa shape index (κ3) is 5.85. The third-order valence-electron chi connectivity index (χ3n) is 4.71. The molecule has 0 spiro atoms. The van der Waals surface area contributed by atoms with Crippen LogP contribution in [0.2, 0.25) is 5.02 Å². The highest BCUT2D eigenvalue weighted by Crippen LogP contribution is 2.27. The van der Waals surface area contributed by atoms with Crippen LogP contribution in [0.15, 0.2) is 47.4 Å². The van der Waals surface area contributed by atoms with Crippen LogP contribution in [0.3, 0.4) is 0 Å². The zero-order chi connectivity index (χ0) is 21.6. The van der Waals surface area contributed by atoms with Gasteiger partial charge in [-0.25, -0.2) is 13.1 Å². The first-order valence-corrected chi connectivity index (χ1v) is 11.4. The van der Waals surface area contributed by atoms with Gasteiger partial charge in [-0.3, -0.25) is 4.79 Å². The Morgan fingerprint density at radius 1 is 1.17 bits per heavy atom. The van der Waals surface area contributed by atoms with E-state index >= 15 is 0 Å². The summed E-state index contributed by atoms with van der Waals surface area (Å²) >= 11 is 5.98. The summed E-state index contributed by atoms with van der Waals surface area (Å²) in [5.41, 5.74) is 0.789. The second-order valence-corrected chi connectivity index (χ2v) is 9.01. The summed E-state index contributed by atoms with van der Waals surface area (Å²) < 4.78 is 33.7. The van der Waals surface area contributed by atoms with E-state index < -0.39 is 10.0 Å². The van der Waals surface area contributed by atoms with E-state index in [9.17, 15) is 13.2 Å². The molecule has 0 bridgehead atoms. The maximum absolute atomic E-state index is 12.9. The fraction of sp³-hybridized carbons (Fsp3) is 0.350. The van der Waals surface area contributed by atoms with Crippen LogP contribution in [0.25, 0.3) is 0 Å². The quantitative estimate of drug-likeness (QED) is 0.490. The van der Waals surface area contributed by atoms with Gasteiger partial charge in [0.25, 0.3) is 0 Å². The van der Waals surface area contributed by atoms with Crippen molar-refractivity contribution in [1.29, 1.82) is 0 Å². The van der Waals surface area contributed by atoms with Crippen LogP contribution in [0, 0.1) is 0 Å². The Bertz CT molecular complexity index is 994. The SMILES string of the molecule is COc1ccc(Cl)cc1NC(=O)CNc1ccccc1S(=O)(=O)NC1CCNCC1. The van der Waals surface area contributed by atoms with Gasteiger partial charge in [0, 0.05) is 11.1 Å². The minimum absolute atomic E-state index is 0.108. The molecule has 2 aromatic rings. The highest BCUT2D eigenvalue weighted by atomic mass is 35.5. The molecule has 1 saturated heterocycles. The molecular formula is C20H25ClN4O4S. The molecule has 2 aromatic carbocycles. The maximum atomic E-state index is 12.9. The summed E-state index contributed by atoms with van der Waals surface area (Å²) in [5.74, 6) is 0.107. The number of hydrogen-bond donors (Lipinski definition) is 4. The summed E-state index contributed by atoms with van der Waals surface area (Å²) in [6.45, 7) is 1.43. The van der Waals surface area contributed by atoms with Crippen LogP contribution in [0.1, 0.15) is 12.8 Å². The van der Waals surface area contributed by atoms with Crippen molar-refractivity contribution < 1.29 is 17.9 Å². The van der Waals surface area contributed by atoms with Crippen molar-refractivity contribution in [2.24, 2.45) is 0 Å². The summed E-state index contributed by atoms with van der Waals surface area (Å²) in [6, 6.07) is 11.3. The molecule has 0 unspecified atom stereocenters. The maximum Gasteiger partial charge on any atom is 0.243 e. The highest BCUT2D eigenvalue weighted by Gasteiger charge is 2.24. The van der Waals surface area contributed by atoms with Crippen LogP contribution in [-0.4, -0.2) is 47.1 Å². The molecule has 0 aromatic heterocycles. The van der Waals surface area contributed by atoms with Crippen molar-refractivity contribution in [2.75, 3.05) is 37.4 Å². The largest absolute Gasteiger partial charge is 0.495 e. The van der Waals surface area contributed by atoms with Crippen LogP contribution < -0.4 is 25.4 Å². The van der Waals surface area contributed by atoms with Gasteiger partial charge in [0.1, 0.15) is 10.6 Å². The van der Waals surface area contributed by atoms with E-state index in [2.05, 4.69) is 20.7 Å². The Morgan fingerprint density at radius 3 is 2.63 bits per heavy atom. The Labute approximate surface area is 181 Å². The number of sulfonamides is 1. The third-order valence-corrected chi connectivity index (χ3v) is 6.53. The molecule has 0 atom stereocenters. The number of halogens is 1. The minimum Gasteiger partial charge on any atom is -0.495 e. The van der Waals surface area contributed by atoms with Crippen LogP contribution in [-0.2, 0) is 14.8 Å². The lowest BCUT2D eigenvalue weighted by Gasteiger charge is -2.24. The zero-order valence-electron chi connectivity index (χ0n) is 16.6. The van der Waals surface area contributed by atoms with E-state index in [0.29, 0.717) is 22.1 Å². The fourth-order valence-corrected chi connectivity index (χ4v) is 4.88. The molecule has 162 valence electrons. The number of amides is 1. The molecule has 10 heteroatoms. The molecular weight excluding hydrogens is 428 g/mol. The smallest absolute Gasteiger partial charge is 0.243 e. The number of para-hydroxylation sites is 1. The van der Waals surface area contributed by atoms with Gasteiger partial charge in [-0.2, -0.15) is 0 Å². The number of carbonyl (C=O) groups excluding carboxylic acids is 1. The normalized spacial score (nSPS) is 14.9. The molecule has 1 aliphatic heterocycles. The molecule has 8 nitrogen and oxygen atoms in total. The van der Waals surface area contributed by atoms with Gasteiger partial charge in [-0.15, -0.1) is 0 Å². The van der Waals surface area contributed by atoms with Crippen LogP contribution >= 0.6 is 11.6 Å². The van der Waals surface area contributed by atoms with Gasteiger partial charge < -0.3 is 20.7 Å². The van der Waals surface area contributed by atoms with Crippen molar-refractivity contribution >= 4 is 38.9 Å². The molecule has 1 heterocycles. The lowest BCUT2D eigenvalue weighted by molar-refractivity contribution is -0.114. The number of rotatable bonds is 8. The van der Waals surface area contributed by atoms with Crippen LogP contribution in [0.5, 0.6) is 5.75 Å². The molecule has 0 radical (unpaired) electrons. The van der Waals surface area contributed by atoms with E-state index in [1.54, 1.807) is 36.4 Å². The van der Waals surface area contributed by atoms with Gasteiger partial charge in [-0.1, -0.05) is 23.7 Å². The van der Waals surface area contributed by atoms with Gasteiger partial charge >= 0.3 is 0 Å². The number of anilines is 2. The fourth-order valence-electron chi connectivity index (χ4n) is 3.22. The molecule has 30 heavy (non-hydrogen) atoms. The van der Waals surface area contributed by atoms with E-state index in [1.807, 2.05) is 0 Å². The molecule has 0 aliphatic carbocycles. The second-order valence-electron chi connectivity index (χ2n) is 6.89. The summed E-state index contributed by atoms with van der Waals surface area (Å²) in [6.07, 6.45) is 1.47. The predicted molar refractivity (Wildman–Crippen MR) is 118 cm³/mol. The lowest BCUT2D eigenvalue weighted by atomic mass is 10.1. The number of ether oxygens (including phenoxy) is 1. The Kier molecular flexibility index (Phi) is 7.54. The van der Waals surface area contributed by atoms with E-state index in [1.165, 1.54) is 13.2 Å². The van der Waals surface area contributed by atoms with Gasteiger partial charge in [-0.05, 0) is 56.3 Å². The average molecular weight is 453 g/mol. The van der Waals surface area contributed by atoms with Crippen molar-refractivity contribution in [1.82, 2.24) is 10.0 Å². The second kappa shape index (κ2) is 10.1. The van der Waals surface area contributed by atoms with Gasteiger partial charge in [0.2, 0.25) is 15.9 Å². The standard InChI is InChI=1S/C20H25ClN4O4S/c1-29-18-7-6-14(21)12-17(18)24-20(26)13-23-16-4-2-3-5-19(16)30(27,28)25-15-8-10-22-11-9-15/h2-7,12,15,22-23,25H,8-11,13H2,1H3,(H,24,26). The predicted octanol–water partition coefficient (Wildman–Crippen LogP) is 2.43. The van der Waals surface area contributed by atoms with Crippen molar-refractivity contribution in [3.8, 4) is 5.75 Å². The lowest BCUT2D eigenvalue weighted by Crippen LogP contribution is -2.42. The Balaban J connectivity index is 1.67. The molecule has 1 fully saturated rings. The average Bonchev–Trinajstić information content (AvgIpc) is 2.73. The van der Waals surface area contributed by atoms with Gasteiger partial charge in [0.15, 0.2) is 0 Å². The minimum atomic E-state index is -3.72. The monoisotopic (exact) mass is 452 g/mol. The number of methoxy groups -OCH3 is 1. The zero-order valence-corrected chi connectivity index (χ0v) is 18.1. The summed E-state index contributed by atoms with van der Waals surface area (Å²) in [4.78, 5) is 12.5.